The van der Waals surface area contributed by atoms with Crippen molar-refractivity contribution in [2.45, 2.75) is 56.5 Å². The number of nitrogens with one attached hydrogen (secondary N) is 2. The van der Waals surface area contributed by atoms with Crippen molar-refractivity contribution in [2.24, 2.45) is 0 Å². The highest BCUT2D eigenvalue weighted by molar-refractivity contribution is 7.89. The van der Waals surface area contributed by atoms with Crippen LogP contribution in [0, 0.1) is 6.92 Å². The molecule has 0 aliphatic heterocycles. The van der Waals surface area contributed by atoms with Crippen LogP contribution in [0.4, 0.5) is 5.82 Å². The summed E-state index contributed by atoms with van der Waals surface area (Å²) in [6.45, 7) is 3.42. The molecule has 0 spiro atoms. The van der Waals surface area contributed by atoms with E-state index in [0.29, 0.717) is 24.3 Å². The Labute approximate surface area is 182 Å². The van der Waals surface area contributed by atoms with Crippen LogP contribution in [0.1, 0.15) is 39.6 Å². The number of carbonyl (C=O) groups is 1. The van der Waals surface area contributed by atoms with E-state index in [9.17, 15) is 13.2 Å². The standard InChI is InChI=1S/C21H26N6O3S.H2/c1-13-3-8-17(11-18(13)19-12-24-21-20(22)23-9-10-27(19)21)31(29,30)26-16-6-4-15(5-7-16)25-14(2)28;/h3,8-12,15-16,26H,4-7H2,1-2H3,(H2,22,23)(H,25,28);1H. The molecule has 2 heterocycles. The zero-order chi connectivity index (χ0) is 22.2. The molecular weight excluding hydrogens is 416 g/mol. The smallest absolute Gasteiger partial charge is 0.240 e. The number of carbonyl (C=O) groups excluding carboxylic acids is 1. The van der Waals surface area contributed by atoms with Crippen molar-refractivity contribution in [1.29, 1.82) is 0 Å². The monoisotopic (exact) mass is 444 g/mol. The van der Waals surface area contributed by atoms with Crippen LogP contribution in [-0.4, -0.2) is 40.8 Å². The molecule has 1 amide bonds. The van der Waals surface area contributed by atoms with Gasteiger partial charge >= 0.3 is 0 Å². The summed E-state index contributed by atoms with van der Waals surface area (Å²) in [7, 11) is -3.70. The molecule has 0 unspecified atom stereocenters. The molecule has 1 aliphatic rings. The van der Waals surface area contributed by atoms with Crippen LogP contribution in [0.15, 0.2) is 41.7 Å². The number of nitrogen functional groups attached to an aromatic ring is 1. The number of anilines is 1. The van der Waals surface area contributed by atoms with E-state index in [1.807, 2.05) is 6.92 Å². The number of imidazole rings is 1. The van der Waals surface area contributed by atoms with Gasteiger partial charge in [-0.05, 0) is 50.3 Å². The van der Waals surface area contributed by atoms with Crippen LogP contribution < -0.4 is 15.8 Å². The van der Waals surface area contributed by atoms with Gasteiger partial charge in [-0.15, -0.1) is 0 Å². The van der Waals surface area contributed by atoms with Crippen molar-refractivity contribution in [3.63, 3.8) is 0 Å². The SMILES string of the molecule is CC(=O)NC1CCC(NS(=O)(=O)c2ccc(C)c(-c3cnc4c(N)nccn34)c2)CC1.[HH]. The lowest BCUT2D eigenvalue weighted by Gasteiger charge is -2.29. The lowest BCUT2D eigenvalue weighted by Crippen LogP contribution is -2.43. The number of nitrogens with zero attached hydrogens (tertiary/aromatic N) is 3. The molecular formula is C21H28N6O3S. The van der Waals surface area contributed by atoms with Crippen LogP contribution in [-0.2, 0) is 14.8 Å². The molecule has 0 radical (unpaired) electrons. The number of benzene rings is 1. The third kappa shape index (κ3) is 4.40. The van der Waals surface area contributed by atoms with Gasteiger partial charge in [-0.3, -0.25) is 9.20 Å². The topological polar surface area (TPSA) is 131 Å². The number of hydrogen-bond acceptors (Lipinski definition) is 6. The predicted octanol–water partition coefficient (Wildman–Crippen LogP) is 2.26. The summed E-state index contributed by atoms with van der Waals surface area (Å²) >= 11 is 0. The van der Waals surface area contributed by atoms with Crippen LogP contribution in [0.25, 0.3) is 16.9 Å². The molecule has 0 saturated heterocycles. The average molecular weight is 445 g/mol. The van der Waals surface area contributed by atoms with E-state index in [2.05, 4.69) is 20.0 Å². The van der Waals surface area contributed by atoms with Crippen molar-refractivity contribution in [3.05, 3.63) is 42.4 Å². The molecule has 1 aliphatic carbocycles. The second kappa shape index (κ2) is 8.27. The third-order valence-corrected chi connectivity index (χ3v) is 7.23. The molecule has 3 aromatic rings. The Hall–Kier alpha value is -2.98. The maximum atomic E-state index is 13.1. The van der Waals surface area contributed by atoms with Gasteiger partial charge < -0.3 is 11.1 Å². The summed E-state index contributed by atoms with van der Waals surface area (Å²) in [5.41, 5.74) is 8.86. The summed E-state index contributed by atoms with van der Waals surface area (Å²) in [6, 6.07) is 5.04. The van der Waals surface area contributed by atoms with Crippen LogP contribution in [0.3, 0.4) is 0 Å². The Kier molecular flexibility index (Phi) is 5.67. The minimum Gasteiger partial charge on any atom is -0.381 e. The molecule has 0 atom stereocenters. The highest BCUT2D eigenvalue weighted by atomic mass is 32.2. The van der Waals surface area contributed by atoms with Gasteiger partial charge in [0.2, 0.25) is 15.9 Å². The first-order chi connectivity index (χ1) is 14.7. The number of amides is 1. The highest BCUT2D eigenvalue weighted by Gasteiger charge is 2.26. The molecule has 166 valence electrons. The van der Waals surface area contributed by atoms with Crippen LogP contribution >= 0.6 is 0 Å². The summed E-state index contributed by atoms with van der Waals surface area (Å²) in [5, 5.41) is 2.91. The zero-order valence-electron chi connectivity index (χ0n) is 17.5. The Morgan fingerprint density at radius 1 is 1.19 bits per heavy atom. The highest BCUT2D eigenvalue weighted by Crippen LogP contribution is 2.29. The Morgan fingerprint density at radius 2 is 1.90 bits per heavy atom. The fourth-order valence-corrected chi connectivity index (χ4v) is 5.44. The van der Waals surface area contributed by atoms with Gasteiger partial charge in [-0.25, -0.2) is 23.1 Å². The van der Waals surface area contributed by atoms with Crippen molar-refractivity contribution < 1.29 is 14.6 Å². The van der Waals surface area contributed by atoms with Gasteiger partial charge in [0, 0.05) is 38.4 Å². The molecule has 31 heavy (non-hydrogen) atoms. The summed E-state index contributed by atoms with van der Waals surface area (Å²) in [6.07, 6.45) is 7.88. The van der Waals surface area contributed by atoms with Gasteiger partial charge in [-0.1, -0.05) is 6.07 Å². The maximum absolute atomic E-state index is 13.1. The maximum Gasteiger partial charge on any atom is 0.240 e. The number of aromatic nitrogens is 3. The zero-order valence-corrected chi connectivity index (χ0v) is 18.3. The van der Waals surface area contributed by atoms with Gasteiger partial charge in [0.05, 0.1) is 16.8 Å². The van der Waals surface area contributed by atoms with Gasteiger partial charge in [0.25, 0.3) is 0 Å². The fraction of sp³-hybridized carbons (Fsp3) is 0.381. The molecule has 4 rings (SSSR count). The molecule has 4 N–H and O–H groups in total. The Morgan fingerprint density at radius 3 is 2.61 bits per heavy atom. The van der Waals surface area contributed by atoms with E-state index in [4.69, 9.17) is 5.73 Å². The summed E-state index contributed by atoms with van der Waals surface area (Å²) in [5.74, 6) is 0.257. The van der Waals surface area contributed by atoms with Crippen molar-refractivity contribution >= 4 is 27.4 Å². The lowest BCUT2D eigenvalue weighted by molar-refractivity contribution is -0.119. The molecule has 9 nitrogen and oxygen atoms in total. The number of hydrogen-bond donors (Lipinski definition) is 3. The van der Waals surface area contributed by atoms with Crippen LogP contribution in [0.5, 0.6) is 0 Å². The second-order valence-electron chi connectivity index (χ2n) is 8.00. The molecule has 1 fully saturated rings. The van der Waals surface area contributed by atoms with Crippen molar-refractivity contribution in [1.82, 2.24) is 24.4 Å². The van der Waals surface area contributed by atoms with Gasteiger partial charge in [-0.2, -0.15) is 0 Å². The summed E-state index contributed by atoms with van der Waals surface area (Å²) < 4.78 is 30.8. The predicted molar refractivity (Wildman–Crippen MR) is 120 cm³/mol. The normalized spacial score (nSPS) is 19.4. The molecule has 10 heteroatoms. The van der Waals surface area contributed by atoms with E-state index in [-0.39, 0.29) is 24.3 Å². The number of sulfonamides is 1. The van der Waals surface area contributed by atoms with E-state index in [1.54, 1.807) is 41.2 Å². The molecule has 0 bridgehead atoms. The number of rotatable bonds is 5. The first kappa shape index (κ1) is 21.3. The summed E-state index contributed by atoms with van der Waals surface area (Å²) in [4.78, 5) is 19.8. The van der Waals surface area contributed by atoms with Gasteiger partial charge in [0.15, 0.2) is 11.5 Å². The number of nitrogens with two attached hydrogens (primary N) is 1. The first-order valence-electron chi connectivity index (χ1n) is 10.2. The quantitative estimate of drug-likeness (QED) is 0.553. The fourth-order valence-electron chi connectivity index (χ4n) is 4.11. The minimum absolute atomic E-state index is 0. The van der Waals surface area contributed by atoms with E-state index >= 15 is 0 Å². The largest absolute Gasteiger partial charge is 0.381 e. The lowest BCUT2D eigenvalue weighted by atomic mass is 9.92. The molecule has 2 aromatic heterocycles. The van der Waals surface area contributed by atoms with Crippen LogP contribution in [0.2, 0.25) is 0 Å². The van der Waals surface area contributed by atoms with E-state index in [0.717, 1.165) is 29.7 Å². The van der Waals surface area contributed by atoms with E-state index in [1.165, 1.54) is 6.92 Å². The third-order valence-electron chi connectivity index (χ3n) is 5.71. The van der Waals surface area contributed by atoms with Gasteiger partial charge in [0.1, 0.15) is 0 Å². The average Bonchev–Trinajstić information content (AvgIpc) is 3.14. The second-order valence-corrected chi connectivity index (χ2v) is 9.71. The Bertz CT molecular complexity index is 1240. The van der Waals surface area contributed by atoms with E-state index < -0.39 is 10.0 Å². The number of aryl methyl sites for hydroxylation is 1. The first-order valence-corrected chi connectivity index (χ1v) is 11.7. The molecule has 1 aromatic carbocycles. The Balaban J connectivity index is 0.00000289. The molecule has 1 saturated carbocycles. The number of fused-ring (bicyclic) bond motifs is 1. The minimum atomic E-state index is -3.70. The van der Waals surface area contributed by atoms with Crippen molar-refractivity contribution in [3.8, 4) is 11.3 Å². The van der Waals surface area contributed by atoms with Crippen molar-refractivity contribution in [2.75, 3.05) is 5.73 Å².